The van der Waals surface area contributed by atoms with Crippen molar-refractivity contribution < 1.29 is 24.8 Å². The molecular formula is C23H22O5. The maximum Gasteiger partial charge on any atom is 0.157 e. The second kappa shape index (κ2) is 7.44. The van der Waals surface area contributed by atoms with Crippen LogP contribution in [0.1, 0.15) is 28.4 Å². The normalized spacial score (nSPS) is 18.2. The molecule has 144 valence electrons. The van der Waals surface area contributed by atoms with Crippen LogP contribution in [0.3, 0.4) is 0 Å². The van der Waals surface area contributed by atoms with Gasteiger partial charge in [0.15, 0.2) is 11.5 Å². The first-order valence-corrected chi connectivity index (χ1v) is 9.18. The van der Waals surface area contributed by atoms with Gasteiger partial charge in [0.05, 0.1) is 6.10 Å². The van der Waals surface area contributed by atoms with Gasteiger partial charge in [-0.2, -0.15) is 0 Å². The molecule has 4 rings (SSSR count). The van der Waals surface area contributed by atoms with Gasteiger partial charge in [0, 0.05) is 12.0 Å². The summed E-state index contributed by atoms with van der Waals surface area (Å²) in [6, 6.07) is 18.2. The Morgan fingerprint density at radius 3 is 2.54 bits per heavy atom. The molecule has 3 aromatic carbocycles. The lowest BCUT2D eigenvalue weighted by Gasteiger charge is -2.32. The lowest BCUT2D eigenvalue weighted by Crippen LogP contribution is -2.30. The Morgan fingerprint density at radius 1 is 1.00 bits per heavy atom. The summed E-state index contributed by atoms with van der Waals surface area (Å²) in [5, 5.41) is 30.0. The van der Waals surface area contributed by atoms with Crippen LogP contribution in [0, 0.1) is 6.92 Å². The van der Waals surface area contributed by atoms with Crippen LogP contribution in [0.25, 0.3) is 0 Å². The topological polar surface area (TPSA) is 79.2 Å². The Balaban J connectivity index is 1.61. The van der Waals surface area contributed by atoms with Crippen molar-refractivity contribution >= 4 is 0 Å². The van der Waals surface area contributed by atoms with Gasteiger partial charge in [-0.05, 0) is 47.9 Å². The highest BCUT2D eigenvalue weighted by molar-refractivity contribution is 5.51. The summed E-state index contributed by atoms with van der Waals surface area (Å²) in [7, 11) is 0. The summed E-state index contributed by atoms with van der Waals surface area (Å²) in [6.45, 7) is 2.40. The smallest absolute Gasteiger partial charge is 0.157 e. The molecule has 1 aliphatic rings. The molecule has 5 nitrogen and oxygen atoms in total. The van der Waals surface area contributed by atoms with Crippen molar-refractivity contribution in [3.05, 3.63) is 82.9 Å². The summed E-state index contributed by atoms with van der Waals surface area (Å²) in [6.07, 6.45) is -1.08. The van der Waals surface area contributed by atoms with Crippen LogP contribution in [-0.4, -0.2) is 21.4 Å². The molecular weight excluding hydrogens is 356 g/mol. The van der Waals surface area contributed by atoms with Crippen molar-refractivity contribution in [1.82, 2.24) is 0 Å². The van der Waals surface area contributed by atoms with E-state index >= 15 is 0 Å². The molecule has 3 N–H and O–H groups in total. The minimum absolute atomic E-state index is 0.207. The van der Waals surface area contributed by atoms with E-state index in [0.717, 1.165) is 16.7 Å². The average molecular weight is 378 g/mol. The van der Waals surface area contributed by atoms with E-state index in [-0.39, 0.29) is 11.5 Å². The highest BCUT2D eigenvalue weighted by Crippen LogP contribution is 2.42. The van der Waals surface area contributed by atoms with Gasteiger partial charge in [-0.15, -0.1) is 0 Å². The lowest BCUT2D eigenvalue weighted by molar-refractivity contribution is 0.0195. The molecule has 0 fully saturated rings. The number of aryl methyl sites for hydroxylation is 1. The molecule has 0 spiro atoms. The average Bonchev–Trinajstić information content (AvgIpc) is 2.69. The van der Waals surface area contributed by atoms with Crippen LogP contribution in [0.15, 0.2) is 60.7 Å². The number of benzene rings is 3. The second-order valence-electron chi connectivity index (χ2n) is 7.07. The fraction of sp³-hybridized carbons (Fsp3) is 0.217. The van der Waals surface area contributed by atoms with E-state index in [1.807, 2.05) is 49.4 Å². The monoisotopic (exact) mass is 378 g/mol. The van der Waals surface area contributed by atoms with Crippen molar-refractivity contribution in [2.75, 3.05) is 0 Å². The van der Waals surface area contributed by atoms with Crippen LogP contribution in [0.4, 0.5) is 0 Å². The van der Waals surface area contributed by atoms with E-state index in [0.29, 0.717) is 30.1 Å². The minimum atomic E-state index is -0.807. The summed E-state index contributed by atoms with van der Waals surface area (Å²) in [4.78, 5) is 0. The van der Waals surface area contributed by atoms with Crippen LogP contribution >= 0.6 is 0 Å². The lowest BCUT2D eigenvalue weighted by atomic mass is 9.93. The molecule has 1 aliphatic heterocycles. The van der Waals surface area contributed by atoms with Crippen LogP contribution in [-0.2, 0) is 13.0 Å². The molecule has 0 aromatic heterocycles. The number of phenolic OH excluding ortho intramolecular Hbond substituents is 2. The van der Waals surface area contributed by atoms with Gasteiger partial charge in [-0.3, -0.25) is 0 Å². The number of aliphatic hydroxyl groups excluding tert-OH is 1. The Kier molecular flexibility index (Phi) is 4.84. The molecule has 0 amide bonds. The second-order valence-corrected chi connectivity index (χ2v) is 7.07. The summed E-state index contributed by atoms with van der Waals surface area (Å²) in [5.41, 5.74) is 3.48. The van der Waals surface area contributed by atoms with Crippen molar-refractivity contribution in [2.24, 2.45) is 0 Å². The number of ether oxygens (including phenoxy) is 2. The summed E-state index contributed by atoms with van der Waals surface area (Å²) < 4.78 is 12.1. The Morgan fingerprint density at radius 2 is 1.79 bits per heavy atom. The molecule has 0 aliphatic carbocycles. The predicted molar refractivity (Wildman–Crippen MR) is 105 cm³/mol. The number of aliphatic hydroxyl groups is 1. The van der Waals surface area contributed by atoms with Gasteiger partial charge in [0.25, 0.3) is 0 Å². The summed E-state index contributed by atoms with van der Waals surface area (Å²) >= 11 is 0. The highest BCUT2D eigenvalue weighted by Gasteiger charge is 2.32. The SMILES string of the molecule is Cc1cc(OCc2ccccc2)c2c(c1)OC(c1ccc(O)c(O)c1)C(O)C2. The first-order valence-electron chi connectivity index (χ1n) is 9.18. The number of rotatable bonds is 4. The third-order valence-corrected chi connectivity index (χ3v) is 4.89. The van der Waals surface area contributed by atoms with Crippen LogP contribution in [0.5, 0.6) is 23.0 Å². The first kappa shape index (κ1) is 18.2. The molecule has 0 saturated carbocycles. The zero-order valence-electron chi connectivity index (χ0n) is 15.5. The van der Waals surface area contributed by atoms with Gasteiger partial charge < -0.3 is 24.8 Å². The third kappa shape index (κ3) is 3.62. The van der Waals surface area contributed by atoms with Crippen molar-refractivity contribution in [1.29, 1.82) is 0 Å². The molecule has 5 heteroatoms. The molecule has 28 heavy (non-hydrogen) atoms. The highest BCUT2D eigenvalue weighted by atomic mass is 16.5. The molecule has 0 bridgehead atoms. The maximum atomic E-state index is 10.7. The predicted octanol–water partition coefficient (Wildman–Crippen LogP) is 4.02. The van der Waals surface area contributed by atoms with Crippen molar-refractivity contribution in [3.8, 4) is 23.0 Å². The maximum absolute atomic E-state index is 10.7. The molecule has 0 radical (unpaired) electrons. The van der Waals surface area contributed by atoms with Gasteiger partial charge in [-0.25, -0.2) is 0 Å². The van der Waals surface area contributed by atoms with E-state index in [4.69, 9.17) is 9.47 Å². The fourth-order valence-electron chi connectivity index (χ4n) is 3.46. The van der Waals surface area contributed by atoms with Crippen molar-refractivity contribution in [3.63, 3.8) is 0 Å². The molecule has 2 atom stereocenters. The zero-order valence-corrected chi connectivity index (χ0v) is 15.5. The third-order valence-electron chi connectivity index (χ3n) is 4.89. The van der Waals surface area contributed by atoms with E-state index in [1.165, 1.54) is 12.1 Å². The van der Waals surface area contributed by atoms with Crippen LogP contribution in [0.2, 0.25) is 0 Å². The van der Waals surface area contributed by atoms with E-state index in [2.05, 4.69) is 0 Å². The molecule has 3 aromatic rings. The van der Waals surface area contributed by atoms with Crippen LogP contribution < -0.4 is 9.47 Å². The molecule has 2 unspecified atom stereocenters. The molecule has 0 saturated heterocycles. The first-order chi connectivity index (χ1) is 13.5. The Labute approximate surface area is 163 Å². The van der Waals surface area contributed by atoms with Gasteiger partial charge in [0.2, 0.25) is 0 Å². The number of aromatic hydroxyl groups is 2. The number of phenols is 2. The number of hydrogen-bond donors (Lipinski definition) is 3. The summed E-state index contributed by atoms with van der Waals surface area (Å²) in [5.74, 6) is 0.910. The quantitative estimate of drug-likeness (QED) is 0.598. The Hall–Kier alpha value is -3.18. The fourth-order valence-corrected chi connectivity index (χ4v) is 3.46. The van der Waals surface area contributed by atoms with Gasteiger partial charge >= 0.3 is 0 Å². The number of hydrogen-bond acceptors (Lipinski definition) is 5. The van der Waals surface area contributed by atoms with Gasteiger partial charge in [0.1, 0.15) is 24.2 Å². The Bertz CT molecular complexity index is 984. The standard InChI is InChI=1S/C23H22O5/c1-14-9-21(27-13-15-5-3-2-4-6-15)17-12-20(26)23(28-22(17)10-14)16-7-8-18(24)19(25)11-16/h2-11,20,23-26H,12-13H2,1H3. The minimum Gasteiger partial charge on any atom is -0.504 e. The van der Waals surface area contributed by atoms with Crippen molar-refractivity contribution in [2.45, 2.75) is 32.2 Å². The number of fused-ring (bicyclic) bond motifs is 1. The molecule has 1 heterocycles. The van der Waals surface area contributed by atoms with E-state index in [1.54, 1.807) is 6.07 Å². The van der Waals surface area contributed by atoms with Gasteiger partial charge in [-0.1, -0.05) is 36.4 Å². The largest absolute Gasteiger partial charge is 0.504 e. The van der Waals surface area contributed by atoms with E-state index < -0.39 is 12.2 Å². The zero-order chi connectivity index (χ0) is 19.7. The van der Waals surface area contributed by atoms with E-state index in [9.17, 15) is 15.3 Å².